The van der Waals surface area contributed by atoms with E-state index in [1.165, 1.54) is 0 Å². The van der Waals surface area contributed by atoms with Gasteiger partial charge in [0.25, 0.3) is 0 Å². The first-order chi connectivity index (χ1) is 12.0. The van der Waals surface area contributed by atoms with Crippen LogP contribution in [0.1, 0.15) is 12.0 Å². The SMILES string of the molecule is N=C(N)c1ccc(-c2ccc3c(c2)=CN(CCC(=O)O)C=CN=3)cc1. The standard InChI is InChI=1S/C19H18N4O2/c20-19(21)14-3-1-13(2-4-14)15-5-6-17-16(11-15)12-23(10-8-22-17)9-7-18(24)25/h1-6,8,10-12H,7,9H2,(H3,20,21)(H,24,25). The molecule has 1 aliphatic heterocycles. The molecule has 0 saturated carbocycles. The van der Waals surface area contributed by atoms with Crippen LogP contribution in [0.2, 0.25) is 0 Å². The van der Waals surface area contributed by atoms with Crippen LogP contribution in [-0.4, -0.2) is 28.4 Å². The van der Waals surface area contributed by atoms with Crippen LogP contribution in [0.5, 0.6) is 0 Å². The highest BCUT2D eigenvalue weighted by molar-refractivity contribution is 5.95. The minimum Gasteiger partial charge on any atom is -0.481 e. The Labute approximate surface area is 144 Å². The fourth-order valence-corrected chi connectivity index (χ4v) is 2.58. The van der Waals surface area contributed by atoms with Crippen molar-refractivity contribution >= 4 is 18.0 Å². The molecule has 0 spiro atoms. The first kappa shape index (κ1) is 16.4. The largest absolute Gasteiger partial charge is 0.481 e. The minimum absolute atomic E-state index is 0.0424. The fraction of sp³-hybridized carbons (Fsp3) is 0.105. The summed E-state index contributed by atoms with van der Waals surface area (Å²) in [6.45, 7) is 0.387. The summed E-state index contributed by atoms with van der Waals surface area (Å²) in [7, 11) is 0. The summed E-state index contributed by atoms with van der Waals surface area (Å²) < 4.78 is 0. The number of carbonyl (C=O) groups is 1. The molecular weight excluding hydrogens is 316 g/mol. The van der Waals surface area contributed by atoms with Crippen molar-refractivity contribution in [3.63, 3.8) is 0 Å². The molecule has 126 valence electrons. The number of rotatable bonds is 5. The average Bonchev–Trinajstić information content (AvgIpc) is 2.81. The van der Waals surface area contributed by atoms with Crippen LogP contribution in [0.3, 0.4) is 0 Å². The van der Waals surface area contributed by atoms with Crippen molar-refractivity contribution in [2.75, 3.05) is 6.54 Å². The molecule has 3 rings (SSSR count). The zero-order valence-electron chi connectivity index (χ0n) is 13.5. The van der Waals surface area contributed by atoms with Gasteiger partial charge in [-0.2, -0.15) is 0 Å². The molecule has 0 aromatic heterocycles. The van der Waals surface area contributed by atoms with Gasteiger partial charge in [-0.1, -0.05) is 30.3 Å². The normalized spacial score (nSPS) is 12.6. The summed E-state index contributed by atoms with van der Waals surface area (Å²) in [5.74, 6) is -0.789. The van der Waals surface area contributed by atoms with Gasteiger partial charge in [0, 0.05) is 35.9 Å². The Balaban J connectivity index is 1.95. The van der Waals surface area contributed by atoms with Crippen molar-refractivity contribution < 1.29 is 9.90 Å². The molecule has 0 saturated heterocycles. The Hall–Kier alpha value is -3.41. The van der Waals surface area contributed by atoms with E-state index < -0.39 is 5.97 Å². The molecule has 25 heavy (non-hydrogen) atoms. The van der Waals surface area contributed by atoms with Crippen LogP contribution in [0, 0.1) is 5.41 Å². The van der Waals surface area contributed by atoms with Gasteiger partial charge in [0.05, 0.1) is 11.8 Å². The smallest absolute Gasteiger partial charge is 0.305 e. The number of fused-ring (bicyclic) bond motifs is 1. The lowest BCUT2D eigenvalue weighted by Gasteiger charge is -2.12. The van der Waals surface area contributed by atoms with Gasteiger partial charge in [0.1, 0.15) is 5.84 Å². The summed E-state index contributed by atoms with van der Waals surface area (Å²) in [5, 5.41) is 18.1. The van der Waals surface area contributed by atoms with Gasteiger partial charge in [-0.05, 0) is 23.3 Å². The second-order valence-corrected chi connectivity index (χ2v) is 5.70. The van der Waals surface area contributed by atoms with Crippen LogP contribution in [-0.2, 0) is 4.79 Å². The third kappa shape index (κ3) is 3.92. The Bertz CT molecular complexity index is 962. The maximum atomic E-state index is 10.8. The quantitative estimate of drug-likeness (QED) is 0.566. The Morgan fingerprint density at radius 1 is 1.16 bits per heavy atom. The van der Waals surface area contributed by atoms with Crippen molar-refractivity contribution in [2.45, 2.75) is 6.42 Å². The molecule has 0 fully saturated rings. The molecule has 0 radical (unpaired) electrons. The maximum absolute atomic E-state index is 10.8. The number of nitrogens with zero attached hydrogens (tertiary/aromatic N) is 2. The van der Waals surface area contributed by atoms with Crippen LogP contribution in [0.25, 0.3) is 17.3 Å². The van der Waals surface area contributed by atoms with Crippen LogP contribution in [0.15, 0.2) is 59.9 Å². The van der Waals surface area contributed by atoms with Crippen molar-refractivity contribution in [1.29, 1.82) is 5.41 Å². The monoisotopic (exact) mass is 334 g/mol. The number of nitrogen functional groups attached to an aromatic ring is 1. The number of aliphatic carboxylic acids is 1. The van der Waals surface area contributed by atoms with E-state index in [2.05, 4.69) is 4.99 Å². The van der Waals surface area contributed by atoms with Crippen molar-refractivity contribution in [1.82, 2.24) is 4.90 Å². The molecule has 0 unspecified atom stereocenters. The van der Waals surface area contributed by atoms with E-state index in [1.807, 2.05) is 53.6 Å². The van der Waals surface area contributed by atoms with E-state index >= 15 is 0 Å². The number of amidine groups is 1. The molecule has 0 bridgehead atoms. The van der Waals surface area contributed by atoms with Gasteiger partial charge >= 0.3 is 5.97 Å². The van der Waals surface area contributed by atoms with E-state index in [4.69, 9.17) is 16.2 Å². The average molecular weight is 334 g/mol. The Morgan fingerprint density at radius 3 is 2.56 bits per heavy atom. The molecule has 0 atom stereocenters. The summed E-state index contributed by atoms with van der Waals surface area (Å²) >= 11 is 0. The summed E-state index contributed by atoms with van der Waals surface area (Å²) in [4.78, 5) is 17.0. The lowest BCUT2D eigenvalue weighted by molar-refractivity contribution is -0.137. The summed E-state index contributed by atoms with van der Waals surface area (Å²) in [6.07, 6.45) is 5.40. The number of carboxylic acids is 1. The molecule has 0 aliphatic carbocycles. The van der Waals surface area contributed by atoms with Crippen molar-refractivity contribution in [3.8, 4) is 11.1 Å². The van der Waals surface area contributed by atoms with Gasteiger partial charge in [-0.25, -0.2) is 0 Å². The van der Waals surface area contributed by atoms with Crippen LogP contribution in [0.4, 0.5) is 0 Å². The highest BCUT2D eigenvalue weighted by Gasteiger charge is 2.05. The molecule has 1 heterocycles. The molecule has 0 amide bonds. The van der Waals surface area contributed by atoms with E-state index in [1.54, 1.807) is 12.4 Å². The summed E-state index contributed by atoms with van der Waals surface area (Å²) in [5.41, 5.74) is 8.20. The molecule has 2 aromatic carbocycles. The number of hydrogen-bond donors (Lipinski definition) is 3. The molecule has 1 aliphatic rings. The minimum atomic E-state index is -0.831. The third-order valence-corrected chi connectivity index (χ3v) is 3.92. The fourth-order valence-electron chi connectivity index (χ4n) is 2.58. The van der Waals surface area contributed by atoms with E-state index in [9.17, 15) is 4.79 Å². The number of nitrogens with two attached hydrogens (primary N) is 1. The maximum Gasteiger partial charge on any atom is 0.305 e. The number of hydrogen-bond acceptors (Lipinski definition) is 4. The molecule has 6 heteroatoms. The molecule has 2 aromatic rings. The van der Waals surface area contributed by atoms with Gasteiger partial charge in [0.15, 0.2) is 0 Å². The molecular formula is C19H18N4O2. The van der Waals surface area contributed by atoms with Crippen LogP contribution < -0.4 is 16.3 Å². The number of benzene rings is 2. The highest BCUT2D eigenvalue weighted by Crippen LogP contribution is 2.17. The predicted octanol–water partition coefficient (Wildman–Crippen LogP) is 1.26. The highest BCUT2D eigenvalue weighted by atomic mass is 16.4. The zero-order valence-corrected chi connectivity index (χ0v) is 13.5. The van der Waals surface area contributed by atoms with E-state index in [0.29, 0.717) is 12.1 Å². The first-order valence-electron chi connectivity index (χ1n) is 7.82. The lowest BCUT2D eigenvalue weighted by atomic mass is 10.0. The predicted molar refractivity (Wildman–Crippen MR) is 96.2 cm³/mol. The van der Waals surface area contributed by atoms with Crippen molar-refractivity contribution in [3.05, 3.63) is 71.0 Å². The molecule has 6 nitrogen and oxygen atoms in total. The number of carboxylic acid groups (broad SMARTS) is 1. The Morgan fingerprint density at radius 2 is 1.88 bits per heavy atom. The van der Waals surface area contributed by atoms with E-state index in [-0.39, 0.29) is 12.3 Å². The lowest BCUT2D eigenvalue weighted by Crippen LogP contribution is -2.27. The molecule has 4 N–H and O–H groups in total. The van der Waals surface area contributed by atoms with E-state index in [0.717, 1.165) is 21.7 Å². The second kappa shape index (κ2) is 7.00. The summed E-state index contributed by atoms with van der Waals surface area (Å²) in [6, 6.07) is 13.4. The van der Waals surface area contributed by atoms with Crippen LogP contribution >= 0.6 is 0 Å². The Kier molecular flexibility index (Phi) is 4.61. The van der Waals surface area contributed by atoms with Gasteiger partial charge in [0.2, 0.25) is 0 Å². The van der Waals surface area contributed by atoms with Gasteiger partial charge < -0.3 is 15.7 Å². The second-order valence-electron chi connectivity index (χ2n) is 5.70. The van der Waals surface area contributed by atoms with Gasteiger partial charge in [-0.15, -0.1) is 0 Å². The van der Waals surface area contributed by atoms with Crippen molar-refractivity contribution in [2.24, 2.45) is 10.7 Å². The first-order valence-corrected chi connectivity index (χ1v) is 7.82. The topological polar surface area (TPSA) is 103 Å². The number of nitrogens with one attached hydrogen (secondary N) is 1. The van der Waals surface area contributed by atoms with Gasteiger partial charge in [-0.3, -0.25) is 15.2 Å². The zero-order chi connectivity index (χ0) is 17.8. The third-order valence-electron chi connectivity index (χ3n) is 3.92.